The summed E-state index contributed by atoms with van der Waals surface area (Å²) in [6.45, 7) is 5.68. The van der Waals surface area contributed by atoms with Crippen molar-refractivity contribution in [2.45, 2.75) is 24.2 Å². The van der Waals surface area contributed by atoms with E-state index in [9.17, 15) is 4.21 Å². The van der Waals surface area contributed by atoms with Crippen molar-refractivity contribution in [2.24, 2.45) is 4.99 Å². The van der Waals surface area contributed by atoms with Crippen LogP contribution in [-0.4, -0.2) is 47.4 Å². The highest BCUT2D eigenvalue weighted by Gasteiger charge is 2.17. The van der Waals surface area contributed by atoms with Crippen LogP contribution in [0.2, 0.25) is 0 Å². The number of unbranched alkanes of at least 4 members (excludes halogenated alkanes) is 1. The van der Waals surface area contributed by atoms with Crippen LogP contribution >= 0.6 is 0 Å². The number of hydrogen-bond donors (Lipinski definition) is 0. The molecular weight excluding hydrogens is 342 g/mol. The van der Waals surface area contributed by atoms with Crippen molar-refractivity contribution < 1.29 is 4.21 Å². The molecule has 0 bridgehead atoms. The Kier molecular flexibility index (Phi) is 5.46. The molecule has 4 nitrogen and oxygen atoms in total. The number of benzene rings is 2. The van der Waals surface area contributed by atoms with Crippen molar-refractivity contribution in [1.82, 2.24) is 4.90 Å². The highest BCUT2D eigenvalue weighted by atomic mass is 32.2. The first-order chi connectivity index (χ1) is 12.8. The number of aliphatic imine (C=N–C) groups is 1. The molecule has 1 unspecified atom stereocenters. The predicted molar refractivity (Wildman–Crippen MR) is 109 cm³/mol. The summed E-state index contributed by atoms with van der Waals surface area (Å²) >= 11 is 0. The van der Waals surface area contributed by atoms with Crippen LogP contribution in [0.1, 0.15) is 18.4 Å². The van der Waals surface area contributed by atoms with E-state index in [4.69, 9.17) is 0 Å². The molecule has 0 aromatic heterocycles. The van der Waals surface area contributed by atoms with Gasteiger partial charge in [0.1, 0.15) is 0 Å². The third-order valence-corrected chi connectivity index (χ3v) is 6.27. The maximum absolute atomic E-state index is 11.8. The third kappa shape index (κ3) is 4.05. The Morgan fingerprint density at radius 1 is 0.962 bits per heavy atom. The number of hydrogen-bond acceptors (Lipinski definition) is 4. The van der Waals surface area contributed by atoms with Crippen LogP contribution in [-0.2, 0) is 17.2 Å². The summed E-state index contributed by atoms with van der Waals surface area (Å²) in [4.78, 5) is 10.1. The molecule has 1 saturated heterocycles. The summed E-state index contributed by atoms with van der Waals surface area (Å²) in [6, 6.07) is 16.9. The van der Waals surface area contributed by atoms with Gasteiger partial charge < -0.3 is 4.90 Å². The van der Waals surface area contributed by atoms with Crippen LogP contribution in [0.15, 0.2) is 58.4 Å². The highest BCUT2D eigenvalue weighted by Crippen LogP contribution is 2.28. The number of rotatable bonds is 6. The van der Waals surface area contributed by atoms with E-state index >= 15 is 0 Å². The van der Waals surface area contributed by atoms with Crippen molar-refractivity contribution in [3.8, 4) is 0 Å². The smallest absolute Gasteiger partial charge is 0.0984 e. The van der Waals surface area contributed by atoms with Crippen LogP contribution in [0.5, 0.6) is 0 Å². The minimum atomic E-state index is -1.04. The summed E-state index contributed by atoms with van der Waals surface area (Å²) < 4.78 is 11.8. The normalized spacial score (nSPS) is 19.7. The van der Waals surface area contributed by atoms with E-state index in [1.54, 1.807) is 0 Å². The lowest BCUT2D eigenvalue weighted by Gasteiger charge is -2.36. The molecule has 0 aliphatic carbocycles. The summed E-state index contributed by atoms with van der Waals surface area (Å²) in [6.07, 6.45) is 3.43. The van der Waals surface area contributed by atoms with Crippen molar-refractivity contribution in [1.29, 1.82) is 0 Å². The van der Waals surface area contributed by atoms with Gasteiger partial charge in [0.2, 0.25) is 0 Å². The fourth-order valence-corrected chi connectivity index (χ4v) is 4.59. The molecule has 4 rings (SSSR count). The van der Waals surface area contributed by atoms with Gasteiger partial charge in [-0.05, 0) is 55.6 Å². The van der Waals surface area contributed by atoms with Gasteiger partial charge in [0.15, 0.2) is 0 Å². The Labute approximate surface area is 158 Å². The van der Waals surface area contributed by atoms with E-state index in [1.165, 1.54) is 36.2 Å². The fraction of sp³-hybridized carbons (Fsp3) is 0.381. The molecule has 1 atom stereocenters. The Bertz CT molecular complexity index is 798. The van der Waals surface area contributed by atoms with Crippen LogP contribution in [0, 0.1) is 0 Å². The molecule has 0 saturated carbocycles. The van der Waals surface area contributed by atoms with Gasteiger partial charge in [-0.25, -0.2) is 9.20 Å². The molecule has 0 radical (unpaired) electrons. The van der Waals surface area contributed by atoms with Crippen LogP contribution in [0.3, 0.4) is 0 Å². The fourth-order valence-electron chi connectivity index (χ4n) is 3.68. The molecule has 0 N–H and O–H groups in total. The molecule has 136 valence electrons. The zero-order valence-electron chi connectivity index (χ0n) is 15.0. The molecule has 26 heavy (non-hydrogen) atoms. The zero-order valence-corrected chi connectivity index (χ0v) is 15.8. The first kappa shape index (κ1) is 17.4. The van der Waals surface area contributed by atoms with Crippen molar-refractivity contribution in [2.75, 3.05) is 37.6 Å². The lowest BCUT2D eigenvalue weighted by Crippen LogP contribution is -2.46. The predicted octanol–water partition coefficient (Wildman–Crippen LogP) is 3.61. The standard InChI is InChI=1S/C21H25N3OS/c25-26-17-22-20-10-9-18(16-21(20)26)6-4-5-11-23-12-14-24(15-13-23)19-7-2-1-3-8-19/h1-3,7-10,16-17H,4-6,11-15H2. The van der Waals surface area contributed by atoms with Gasteiger partial charge in [-0.1, -0.05) is 24.3 Å². The average molecular weight is 368 g/mol. The second kappa shape index (κ2) is 8.14. The summed E-state index contributed by atoms with van der Waals surface area (Å²) in [5.74, 6) is 0. The average Bonchev–Trinajstić information content (AvgIpc) is 3.07. The molecule has 2 aromatic rings. The number of fused-ring (bicyclic) bond motifs is 1. The van der Waals surface area contributed by atoms with Gasteiger partial charge in [0.25, 0.3) is 0 Å². The number of piperazine rings is 1. The number of aryl methyl sites for hydroxylation is 1. The Morgan fingerprint density at radius 3 is 2.58 bits per heavy atom. The lowest BCUT2D eigenvalue weighted by atomic mass is 10.1. The van der Waals surface area contributed by atoms with Gasteiger partial charge in [0, 0.05) is 31.9 Å². The van der Waals surface area contributed by atoms with Gasteiger partial charge >= 0.3 is 0 Å². The number of nitrogens with zero attached hydrogens (tertiary/aromatic N) is 3. The maximum atomic E-state index is 11.8. The first-order valence-corrected chi connectivity index (χ1v) is 10.6. The molecule has 5 heteroatoms. The third-order valence-electron chi connectivity index (χ3n) is 5.21. The van der Waals surface area contributed by atoms with Gasteiger partial charge in [0.05, 0.1) is 26.9 Å². The van der Waals surface area contributed by atoms with E-state index in [-0.39, 0.29) is 0 Å². The summed E-state index contributed by atoms with van der Waals surface area (Å²) in [5, 5.41) is 0. The summed E-state index contributed by atoms with van der Waals surface area (Å²) in [7, 11) is -1.04. The number of anilines is 1. The molecule has 1 fully saturated rings. The van der Waals surface area contributed by atoms with Crippen molar-refractivity contribution in [3.05, 3.63) is 54.1 Å². The van der Waals surface area contributed by atoms with Gasteiger partial charge in [-0.3, -0.25) is 4.90 Å². The second-order valence-corrected chi connectivity index (χ2v) is 8.20. The largest absolute Gasteiger partial charge is 0.369 e. The molecule has 2 heterocycles. The van der Waals surface area contributed by atoms with Crippen molar-refractivity contribution >= 4 is 27.7 Å². The second-order valence-electron chi connectivity index (χ2n) is 6.96. The van der Waals surface area contributed by atoms with Gasteiger partial charge in [-0.15, -0.1) is 0 Å². The Morgan fingerprint density at radius 2 is 1.77 bits per heavy atom. The SMILES string of the molecule is O=S1C=Nc2ccc(CCCCN3CCN(c4ccccc4)CC3)cc21. The van der Waals surface area contributed by atoms with Gasteiger partial charge in [-0.2, -0.15) is 0 Å². The topological polar surface area (TPSA) is 35.9 Å². The molecule has 2 aromatic carbocycles. The molecule has 0 spiro atoms. The molecule has 2 aliphatic heterocycles. The van der Waals surface area contributed by atoms with E-state index in [2.05, 4.69) is 57.3 Å². The van der Waals surface area contributed by atoms with Crippen LogP contribution < -0.4 is 4.90 Å². The maximum Gasteiger partial charge on any atom is 0.0984 e. The van der Waals surface area contributed by atoms with E-state index in [0.717, 1.165) is 43.2 Å². The molecule has 2 aliphatic rings. The Hall–Kier alpha value is -1.98. The van der Waals surface area contributed by atoms with E-state index in [1.807, 2.05) is 6.07 Å². The monoisotopic (exact) mass is 367 g/mol. The molecule has 0 amide bonds. The zero-order chi connectivity index (χ0) is 17.8. The quantitative estimate of drug-likeness (QED) is 0.732. The molecular formula is C21H25N3OS. The highest BCUT2D eigenvalue weighted by molar-refractivity contribution is 7.99. The lowest BCUT2D eigenvalue weighted by molar-refractivity contribution is 0.253. The van der Waals surface area contributed by atoms with Crippen LogP contribution in [0.4, 0.5) is 11.4 Å². The Balaban J connectivity index is 1.18. The van der Waals surface area contributed by atoms with Crippen LogP contribution in [0.25, 0.3) is 0 Å². The summed E-state index contributed by atoms with van der Waals surface area (Å²) in [5.41, 5.74) is 5.01. The number of para-hydroxylation sites is 1. The van der Waals surface area contributed by atoms with Crippen molar-refractivity contribution in [3.63, 3.8) is 0 Å². The van der Waals surface area contributed by atoms with E-state index in [0.29, 0.717) is 0 Å². The van der Waals surface area contributed by atoms with E-state index < -0.39 is 10.8 Å². The minimum absolute atomic E-state index is 0.864. The minimum Gasteiger partial charge on any atom is -0.369 e. The first-order valence-electron chi connectivity index (χ1n) is 9.40.